The molecule has 0 aliphatic carbocycles. The summed E-state index contributed by atoms with van der Waals surface area (Å²) >= 11 is 0. The fraction of sp³-hybridized carbons (Fsp3) is 0.692. The van der Waals surface area contributed by atoms with Crippen LogP contribution in [-0.4, -0.2) is 38.1 Å². The highest BCUT2D eigenvalue weighted by molar-refractivity contribution is 7.88. The summed E-state index contributed by atoms with van der Waals surface area (Å²) in [4.78, 5) is 0. The fourth-order valence-corrected chi connectivity index (χ4v) is 3.47. The number of rotatable bonds is 4. The molecule has 1 aliphatic rings. The third-order valence-corrected chi connectivity index (χ3v) is 4.94. The van der Waals surface area contributed by atoms with E-state index in [-0.39, 0.29) is 0 Å². The van der Waals surface area contributed by atoms with E-state index < -0.39 is 10.0 Å². The molecule has 1 aliphatic heterocycles. The molecule has 0 amide bonds. The molecule has 1 saturated heterocycles. The van der Waals surface area contributed by atoms with Crippen LogP contribution in [0.3, 0.4) is 0 Å². The van der Waals surface area contributed by atoms with Gasteiger partial charge < -0.3 is 9.73 Å². The third-order valence-electron chi connectivity index (χ3n) is 3.67. The normalized spacial score (nSPS) is 25.6. The van der Waals surface area contributed by atoms with Crippen LogP contribution in [0.4, 0.5) is 0 Å². The summed E-state index contributed by atoms with van der Waals surface area (Å²) < 4.78 is 30.1. The van der Waals surface area contributed by atoms with Crippen LogP contribution in [0.15, 0.2) is 16.5 Å². The number of hydrogen-bond donors (Lipinski definition) is 1. The third kappa shape index (κ3) is 3.81. The van der Waals surface area contributed by atoms with Gasteiger partial charge in [0.1, 0.15) is 11.5 Å². The highest BCUT2D eigenvalue weighted by atomic mass is 32.2. The second-order valence-electron chi connectivity index (χ2n) is 5.39. The minimum Gasteiger partial charge on any atom is -0.465 e. The van der Waals surface area contributed by atoms with Crippen molar-refractivity contribution in [2.24, 2.45) is 5.92 Å². The van der Waals surface area contributed by atoms with Gasteiger partial charge in [-0.1, -0.05) is 6.92 Å². The number of nitrogens with one attached hydrogen (secondary N) is 1. The van der Waals surface area contributed by atoms with Crippen molar-refractivity contribution in [3.8, 4) is 0 Å². The molecule has 0 spiro atoms. The maximum atomic E-state index is 11.5. The van der Waals surface area contributed by atoms with E-state index in [2.05, 4.69) is 12.2 Å². The standard InChI is InChI=1S/C13H22N2O3S/c1-10-9-15(19(3,16)17)7-6-13(10)14-8-12-5-4-11(2)18-12/h4-5,10,13-14H,6-9H2,1-3H3/t10-,13+/m0/s1. The first-order chi connectivity index (χ1) is 8.86. The molecule has 2 atom stereocenters. The first-order valence-corrected chi connectivity index (χ1v) is 8.45. The number of sulfonamides is 1. The summed E-state index contributed by atoms with van der Waals surface area (Å²) in [5.74, 6) is 2.14. The van der Waals surface area contributed by atoms with Gasteiger partial charge in [0, 0.05) is 19.1 Å². The molecule has 0 unspecified atom stereocenters. The van der Waals surface area contributed by atoms with E-state index >= 15 is 0 Å². The van der Waals surface area contributed by atoms with Crippen LogP contribution in [0.2, 0.25) is 0 Å². The maximum absolute atomic E-state index is 11.5. The zero-order chi connectivity index (χ0) is 14.0. The minimum absolute atomic E-state index is 0.305. The van der Waals surface area contributed by atoms with E-state index in [9.17, 15) is 8.42 Å². The van der Waals surface area contributed by atoms with Crippen molar-refractivity contribution in [3.63, 3.8) is 0 Å². The number of nitrogens with zero attached hydrogens (tertiary/aromatic N) is 1. The maximum Gasteiger partial charge on any atom is 0.211 e. The lowest BCUT2D eigenvalue weighted by atomic mass is 9.95. The van der Waals surface area contributed by atoms with Crippen molar-refractivity contribution in [2.75, 3.05) is 19.3 Å². The lowest BCUT2D eigenvalue weighted by molar-refractivity contribution is 0.216. The second-order valence-corrected chi connectivity index (χ2v) is 7.37. The van der Waals surface area contributed by atoms with Crippen molar-refractivity contribution in [2.45, 2.75) is 32.9 Å². The molecule has 6 heteroatoms. The highest BCUT2D eigenvalue weighted by Crippen LogP contribution is 2.19. The average molecular weight is 286 g/mol. The van der Waals surface area contributed by atoms with E-state index in [1.54, 1.807) is 4.31 Å². The highest BCUT2D eigenvalue weighted by Gasteiger charge is 2.30. The summed E-state index contributed by atoms with van der Waals surface area (Å²) in [6, 6.07) is 4.26. The van der Waals surface area contributed by atoms with Gasteiger partial charge in [-0.3, -0.25) is 0 Å². The molecular formula is C13H22N2O3S. The van der Waals surface area contributed by atoms with Crippen LogP contribution in [0.25, 0.3) is 0 Å². The molecule has 2 heterocycles. The lowest BCUT2D eigenvalue weighted by Crippen LogP contribution is -2.49. The van der Waals surface area contributed by atoms with Crippen LogP contribution < -0.4 is 5.32 Å². The van der Waals surface area contributed by atoms with Gasteiger partial charge in [0.25, 0.3) is 0 Å². The molecule has 1 aromatic heterocycles. The van der Waals surface area contributed by atoms with Gasteiger partial charge in [-0.15, -0.1) is 0 Å². The van der Waals surface area contributed by atoms with Crippen LogP contribution in [0, 0.1) is 12.8 Å². The molecule has 0 aromatic carbocycles. The lowest BCUT2D eigenvalue weighted by Gasteiger charge is -2.35. The van der Waals surface area contributed by atoms with Crippen molar-refractivity contribution >= 4 is 10.0 Å². The Labute approximate surface area is 115 Å². The topological polar surface area (TPSA) is 62.6 Å². The van der Waals surface area contributed by atoms with Gasteiger partial charge in [0.15, 0.2) is 0 Å². The van der Waals surface area contributed by atoms with Crippen molar-refractivity contribution < 1.29 is 12.8 Å². The second kappa shape index (κ2) is 5.64. The monoisotopic (exact) mass is 286 g/mol. The van der Waals surface area contributed by atoms with Gasteiger partial charge >= 0.3 is 0 Å². The van der Waals surface area contributed by atoms with E-state index in [4.69, 9.17) is 4.42 Å². The Morgan fingerprint density at radius 2 is 2.21 bits per heavy atom. The molecule has 0 radical (unpaired) electrons. The minimum atomic E-state index is -3.06. The Morgan fingerprint density at radius 1 is 1.47 bits per heavy atom. The van der Waals surface area contributed by atoms with Gasteiger partial charge in [-0.05, 0) is 31.4 Å². The Balaban J connectivity index is 1.86. The van der Waals surface area contributed by atoms with Crippen molar-refractivity contribution in [1.82, 2.24) is 9.62 Å². The molecule has 108 valence electrons. The van der Waals surface area contributed by atoms with Gasteiger partial charge in [0.2, 0.25) is 10.0 Å². The zero-order valence-corrected chi connectivity index (χ0v) is 12.5. The first kappa shape index (κ1) is 14.6. The number of aryl methyl sites for hydroxylation is 1. The number of furan rings is 1. The Morgan fingerprint density at radius 3 is 2.74 bits per heavy atom. The van der Waals surface area contributed by atoms with Crippen molar-refractivity contribution in [3.05, 3.63) is 23.7 Å². The Hall–Kier alpha value is -0.850. The van der Waals surface area contributed by atoms with E-state index in [0.717, 1.165) is 17.9 Å². The van der Waals surface area contributed by atoms with Crippen LogP contribution >= 0.6 is 0 Å². The van der Waals surface area contributed by atoms with E-state index in [0.29, 0.717) is 31.6 Å². The quantitative estimate of drug-likeness (QED) is 0.907. The smallest absolute Gasteiger partial charge is 0.211 e. The van der Waals surface area contributed by atoms with Crippen LogP contribution in [0.5, 0.6) is 0 Å². The predicted molar refractivity (Wildman–Crippen MR) is 74.3 cm³/mol. The summed E-state index contributed by atoms with van der Waals surface area (Å²) in [6.07, 6.45) is 2.12. The molecule has 0 saturated carbocycles. The zero-order valence-electron chi connectivity index (χ0n) is 11.7. The fourth-order valence-electron chi connectivity index (χ4n) is 2.52. The molecule has 0 bridgehead atoms. The van der Waals surface area contributed by atoms with Crippen LogP contribution in [0.1, 0.15) is 24.9 Å². The average Bonchev–Trinajstić information content (AvgIpc) is 2.72. The SMILES string of the molecule is Cc1ccc(CN[C@@H]2CCN(S(C)(=O)=O)C[C@@H]2C)o1. The summed E-state index contributed by atoms with van der Waals surface area (Å²) in [7, 11) is -3.06. The largest absolute Gasteiger partial charge is 0.465 e. The Kier molecular flexibility index (Phi) is 4.32. The predicted octanol–water partition coefficient (Wildman–Crippen LogP) is 1.35. The molecule has 1 N–H and O–H groups in total. The molecule has 19 heavy (non-hydrogen) atoms. The van der Waals surface area contributed by atoms with Gasteiger partial charge in [-0.25, -0.2) is 12.7 Å². The summed E-state index contributed by atoms with van der Waals surface area (Å²) in [5, 5.41) is 3.46. The molecular weight excluding hydrogens is 264 g/mol. The van der Waals surface area contributed by atoms with Gasteiger partial charge in [0.05, 0.1) is 12.8 Å². The Bertz CT molecular complexity index is 524. The van der Waals surface area contributed by atoms with Crippen LogP contribution in [-0.2, 0) is 16.6 Å². The van der Waals surface area contributed by atoms with Gasteiger partial charge in [-0.2, -0.15) is 0 Å². The molecule has 2 rings (SSSR count). The summed E-state index contributed by atoms with van der Waals surface area (Å²) in [6.45, 7) is 5.90. The summed E-state index contributed by atoms with van der Waals surface area (Å²) in [5.41, 5.74) is 0. The first-order valence-electron chi connectivity index (χ1n) is 6.60. The molecule has 1 aromatic rings. The number of piperidine rings is 1. The number of hydrogen-bond acceptors (Lipinski definition) is 4. The molecule has 5 nitrogen and oxygen atoms in total. The van der Waals surface area contributed by atoms with E-state index in [1.165, 1.54) is 6.26 Å². The van der Waals surface area contributed by atoms with E-state index in [1.807, 2.05) is 19.1 Å². The molecule has 1 fully saturated rings. The van der Waals surface area contributed by atoms with Crippen molar-refractivity contribution in [1.29, 1.82) is 0 Å².